The molecule has 0 saturated heterocycles. The molecule has 0 radical (unpaired) electrons. The predicted octanol–water partition coefficient (Wildman–Crippen LogP) is 2.20. The molecule has 0 atom stereocenters. The summed E-state index contributed by atoms with van der Waals surface area (Å²) in [7, 11) is -2.24. The van der Waals surface area contributed by atoms with E-state index in [0.717, 1.165) is 0 Å². The maximum Gasteiger partial charge on any atom is 0.264 e. The first-order chi connectivity index (χ1) is 9.22. The van der Waals surface area contributed by atoms with Crippen LogP contribution >= 0.6 is 11.6 Å². The molecular formula is C12H14ClN3O3S. The number of aryl methyl sites for hydroxylation is 2. The van der Waals surface area contributed by atoms with Gasteiger partial charge < -0.3 is 5.11 Å². The van der Waals surface area contributed by atoms with Crippen LogP contribution in [0.3, 0.4) is 0 Å². The lowest BCUT2D eigenvalue weighted by Crippen LogP contribution is -2.15. The van der Waals surface area contributed by atoms with E-state index in [-0.39, 0.29) is 27.0 Å². The Balaban J connectivity index is 2.52. The van der Waals surface area contributed by atoms with Crippen molar-refractivity contribution in [3.8, 4) is 5.75 Å². The van der Waals surface area contributed by atoms with Crippen LogP contribution in [0.5, 0.6) is 5.75 Å². The van der Waals surface area contributed by atoms with Crippen molar-refractivity contribution < 1.29 is 13.5 Å². The van der Waals surface area contributed by atoms with E-state index in [1.165, 1.54) is 23.7 Å². The van der Waals surface area contributed by atoms with Crippen LogP contribution in [-0.2, 0) is 17.1 Å². The SMILES string of the molecule is Cc1cc(Cl)c(S(=O)(=O)Nc2ccn(C)n2)c(C)c1O. The Morgan fingerprint density at radius 1 is 1.40 bits per heavy atom. The second-order valence-electron chi connectivity index (χ2n) is 4.46. The minimum absolute atomic E-state index is 0.0567. The van der Waals surface area contributed by atoms with E-state index in [0.29, 0.717) is 5.56 Å². The molecule has 2 N–H and O–H groups in total. The summed E-state index contributed by atoms with van der Waals surface area (Å²) in [6.45, 7) is 3.15. The van der Waals surface area contributed by atoms with Crippen molar-refractivity contribution >= 4 is 27.4 Å². The van der Waals surface area contributed by atoms with Gasteiger partial charge in [-0.2, -0.15) is 5.10 Å². The second-order valence-corrected chi connectivity index (χ2v) is 6.48. The number of phenolic OH excluding ortho intramolecular Hbond substituents is 1. The minimum atomic E-state index is -3.92. The normalized spacial score (nSPS) is 11.6. The van der Waals surface area contributed by atoms with Crippen LogP contribution in [-0.4, -0.2) is 23.3 Å². The molecule has 0 unspecified atom stereocenters. The molecule has 6 nitrogen and oxygen atoms in total. The Kier molecular flexibility index (Phi) is 3.66. The van der Waals surface area contributed by atoms with Gasteiger partial charge in [-0.1, -0.05) is 11.6 Å². The van der Waals surface area contributed by atoms with Crippen molar-refractivity contribution in [2.24, 2.45) is 7.05 Å². The summed E-state index contributed by atoms with van der Waals surface area (Å²) in [4.78, 5) is -0.145. The molecule has 0 spiro atoms. The lowest BCUT2D eigenvalue weighted by atomic mass is 10.1. The van der Waals surface area contributed by atoms with Crippen LogP contribution in [0.25, 0.3) is 0 Å². The zero-order valence-electron chi connectivity index (χ0n) is 11.2. The number of hydrogen-bond acceptors (Lipinski definition) is 4. The Morgan fingerprint density at radius 3 is 2.60 bits per heavy atom. The fourth-order valence-electron chi connectivity index (χ4n) is 1.89. The smallest absolute Gasteiger partial charge is 0.264 e. The first-order valence-electron chi connectivity index (χ1n) is 5.73. The number of aromatic hydroxyl groups is 1. The van der Waals surface area contributed by atoms with Gasteiger partial charge in [-0.15, -0.1) is 0 Å². The Morgan fingerprint density at radius 2 is 2.05 bits per heavy atom. The number of nitrogens with one attached hydrogen (secondary N) is 1. The lowest BCUT2D eigenvalue weighted by Gasteiger charge is -2.13. The topological polar surface area (TPSA) is 84.2 Å². The summed E-state index contributed by atoms with van der Waals surface area (Å²) in [5.74, 6) is 0.0961. The molecule has 8 heteroatoms. The largest absolute Gasteiger partial charge is 0.507 e. The van der Waals surface area contributed by atoms with E-state index in [1.54, 1.807) is 20.2 Å². The van der Waals surface area contributed by atoms with Gasteiger partial charge in [0.2, 0.25) is 0 Å². The Hall–Kier alpha value is -1.73. The molecule has 1 heterocycles. The second kappa shape index (κ2) is 4.99. The summed E-state index contributed by atoms with van der Waals surface area (Å²) in [5.41, 5.74) is 0.725. The van der Waals surface area contributed by atoms with E-state index in [4.69, 9.17) is 11.6 Å². The molecule has 1 aromatic heterocycles. The Bertz CT molecular complexity index is 768. The molecule has 0 aliphatic heterocycles. The molecule has 0 aliphatic carbocycles. The summed E-state index contributed by atoms with van der Waals surface area (Å²) in [6.07, 6.45) is 1.61. The maximum absolute atomic E-state index is 12.4. The molecule has 20 heavy (non-hydrogen) atoms. The van der Waals surface area contributed by atoms with Gasteiger partial charge >= 0.3 is 0 Å². The lowest BCUT2D eigenvalue weighted by molar-refractivity contribution is 0.464. The molecule has 0 fully saturated rings. The average molecular weight is 316 g/mol. The molecule has 0 aliphatic rings. The highest BCUT2D eigenvalue weighted by Gasteiger charge is 2.24. The van der Waals surface area contributed by atoms with Crippen molar-refractivity contribution in [2.75, 3.05) is 4.72 Å². The van der Waals surface area contributed by atoms with Crippen LogP contribution in [0, 0.1) is 13.8 Å². The quantitative estimate of drug-likeness (QED) is 0.909. The fourth-order valence-corrected chi connectivity index (χ4v) is 3.81. The number of benzene rings is 1. The van der Waals surface area contributed by atoms with Gasteiger partial charge in [0, 0.05) is 24.9 Å². The van der Waals surface area contributed by atoms with E-state index in [2.05, 4.69) is 9.82 Å². The van der Waals surface area contributed by atoms with E-state index < -0.39 is 10.0 Å². The van der Waals surface area contributed by atoms with Crippen LogP contribution < -0.4 is 4.72 Å². The first kappa shape index (κ1) is 14.7. The number of sulfonamides is 1. The van der Waals surface area contributed by atoms with Crippen molar-refractivity contribution in [1.82, 2.24) is 9.78 Å². The monoisotopic (exact) mass is 315 g/mol. The summed E-state index contributed by atoms with van der Waals surface area (Å²) in [6, 6.07) is 2.94. The number of anilines is 1. The van der Waals surface area contributed by atoms with Gasteiger partial charge in [0.25, 0.3) is 10.0 Å². The van der Waals surface area contributed by atoms with Crippen LogP contribution in [0.1, 0.15) is 11.1 Å². The third-order valence-corrected chi connectivity index (χ3v) is 4.80. The fraction of sp³-hybridized carbons (Fsp3) is 0.250. The maximum atomic E-state index is 12.4. The highest BCUT2D eigenvalue weighted by molar-refractivity contribution is 7.92. The number of hydrogen-bond donors (Lipinski definition) is 2. The van der Waals surface area contributed by atoms with Crippen LogP contribution in [0.2, 0.25) is 5.02 Å². The van der Waals surface area contributed by atoms with Gasteiger partial charge in [-0.3, -0.25) is 9.40 Å². The van der Waals surface area contributed by atoms with Gasteiger partial charge in [-0.25, -0.2) is 8.42 Å². The molecule has 108 valence electrons. The number of aromatic nitrogens is 2. The molecule has 1 aromatic carbocycles. The van der Waals surface area contributed by atoms with Crippen LogP contribution in [0.15, 0.2) is 23.2 Å². The molecule has 2 aromatic rings. The Labute approximate surface area is 122 Å². The van der Waals surface area contributed by atoms with Crippen molar-refractivity contribution in [3.63, 3.8) is 0 Å². The zero-order valence-corrected chi connectivity index (χ0v) is 12.7. The van der Waals surface area contributed by atoms with E-state index in [1.807, 2.05) is 0 Å². The third kappa shape index (κ3) is 2.59. The summed E-state index contributed by atoms with van der Waals surface area (Å²) in [5, 5.41) is 13.9. The molecular weight excluding hydrogens is 302 g/mol. The molecule has 0 saturated carbocycles. The average Bonchev–Trinajstić information content (AvgIpc) is 2.70. The van der Waals surface area contributed by atoms with Crippen molar-refractivity contribution in [2.45, 2.75) is 18.7 Å². The van der Waals surface area contributed by atoms with E-state index >= 15 is 0 Å². The third-order valence-electron chi connectivity index (χ3n) is 2.85. The number of halogens is 1. The predicted molar refractivity (Wildman–Crippen MR) is 76.6 cm³/mol. The molecule has 0 amide bonds. The van der Waals surface area contributed by atoms with E-state index in [9.17, 15) is 13.5 Å². The van der Waals surface area contributed by atoms with Gasteiger partial charge in [0.15, 0.2) is 5.82 Å². The summed E-state index contributed by atoms with van der Waals surface area (Å²) >= 11 is 6.01. The minimum Gasteiger partial charge on any atom is -0.507 e. The van der Waals surface area contributed by atoms with Gasteiger partial charge in [-0.05, 0) is 25.5 Å². The highest BCUT2D eigenvalue weighted by atomic mass is 35.5. The number of rotatable bonds is 3. The van der Waals surface area contributed by atoms with Crippen molar-refractivity contribution in [3.05, 3.63) is 34.5 Å². The zero-order chi connectivity index (χ0) is 15.1. The van der Waals surface area contributed by atoms with Gasteiger partial charge in [0.1, 0.15) is 10.6 Å². The number of nitrogens with zero attached hydrogens (tertiary/aromatic N) is 2. The highest BCUT2D eigenvalue weighted by Crippen LogP contribution is 2.34. The molecule has 0 bridgehead atoms. The number of phenols is 1. The van der Waals surface area contributed by atoms with Crippen LogP contribution in [0.4, 0.5) is 5.82 Å². The van der Waals surface area contributed by atoms with Crippen molar-refractivity contribution in [1.29, 1.82) is 0 Å². The summed E-state index contributed by atoms with van der Waals surface area (Å²) < 4.78 is 28.5. The van der Waals surface area contributed by atoms with Gasteiger partial charge in [0.05, 0.1) is 5.02 Å². The molecule has 2 rings (SSSR count). The first-order valence-corrected chi connectivity index (χ1v) is 7.59. The standard InChI is InChI=1S/C12H14ClN3O3S/c1-7-6-9(13)12(8(2)11(7)17)20(18,19)15-10-4-5-16(3)14-10/h4-6,17H,1-3H3,(H,14,15).